The Kier molecular flexibility index (Phi) is 13.1. The summed E-state index contributed by atoms with van der Waals surface area (Å²) in [4.78, 5) is 68.2. The first-order valence-corrected chi connectivity index (χ1v) is 20.8. The second-order valence-corrected chi connectivity index (χ2v) is 17.6. The third-order valence-electron chi connectivity index (χ3n) is 12.0. The summed E-state index contributed by atoms with van der Waals surface area (Å²) >= 11 is 0. The molecule has 4 aromatic rings. The molecule has 2 aromatic heterocycles. The summed E-state index contributed by atoms with van der Waals surface area (Å²) in [7, 11) is 3.38. The third kappa shape index (κ3) is 9.13. The highest BCUT2D eigenvalue weighted by Crippen LogP contribution is 2.34. The quantitative estimate of drug-likeness (QED) is 0.148. The molecule has 4 N–H and O–H groups in total. The maximum Gasteiger partial charge on any atom is 0.246 e. The number of nitrogens with one attached hydrogen (secondary N) is 4. The van der Waals surface area contributed by atoms with Gasteiger partial charge < -0.3 is 40.2 Å². The third-order valence-corrected chi connectivity index (χ3v) is 12.0. The van der Waals surface area contributed by atoms with Crippen molar-refractivity contribution in [2.45, 2.75) is 123 Å². The highest BCUT2D eigenvalue weighted by molar-refractivity contribution is 5.91. The van der Waals surface area contributed by atoms with E-state index in [9.17, 15) is 28.0 Å². The molecular formula is C43H60F2N10O4. The predicted octanol–water partition coefficient (Wildman–Crippen LogP) is 4.20. The van der Waals surface area contributed by atoms with Crippen LogP contribution in [0, 0.1) is 23.0 Å². The Labute approximate surface area is 344 Å². The Morgan fingerprint density at radius 1 is 0.712 bits per heavy atom. The van der Waals surface area contributed by atoms with Gasteiger partial charge in [-0.25, -0.2) is 18.7 Å². The zero-order valence-corrected chi connectivity index (χ0v) is 35.7. The molecule has 2 fully saturated rings. The van der Waals surface area contributed by atoms with Crippen molar-refractivity contribution in [1.82, 2.24) is 50.2 Å². The molecular weight excluding hydrogens is 759 g/mol. The van der Waals surface area contributed by atoms with Crippen molar-refractivity contribution >= 4 is 45.7 Å². The van der Waals surface area contributed by atoms with Gasteiger partial charge in [-0.1, -0.05) is 34.6 Å². The van der Waals surface area contributed by atoms with Gasteiger partial charge in [0.05, 0.1) is 34.2 Å². The second-order valence-electron chi connectivity index (χ2n) is 17.6. The highest BCUT2D eigenvalue weighted by Gasteiger charge is 2.41. The summed E-state index contributed by atoms with van der Waals surface area (Å²) < 4.78 is 33.5. The number of rotatable bonds is 14. The Morgan fingerprint density at radius 2 is 1.15 bits per heavy atom. The predicted molar refractivity (Wildman–Crippen MR) is 223 cm³/mol. The van der Waals surface area contributed by atoms with Crippen LogP contribution in [-0.4, -0.2) is 116 Å². The standard InChI is InChI=1S/C43H60F2N10O4/c1-24(2)35(50-39(56)25(3)46-8)41(58)52-18-10-12-29(52)22-54-33-16-14-27(44)20-31(33)48-37(54)38-49-32-21-28(45)15-17-34(32)55(38)23-30-13-11-19-53(30)42(59)36(43(5,6)7)51-40(57)26(4)47-9/h14-17,20-21,24-26,29-30,35-36,46-47H,10-13,18-19,22-23H2,1-9H3,(H,50,56)(H,51,57)/t25-,26-,29+,30+,35-,36+/m1/s1. The Hall–Kier alpha value is -4.96. The first kappa shape index (κ1) is 43.6. The number of halogens is 2. The molecule has 0 unspecified atom stereocenters. The van der Waals surface area contributed by atoms with Crippen molar-refractivity contribution in [2.24, 2.45) is 11.3 Å². The van der Waals surface area contributed by atoms with E-state index in [4.69, 9.17) is 9.97 Å². The lowest BCUT2D eigenvalue weighted by molar-refractivity contribution is -0.140. The van der Waals surface area contributed by atoms with Crippen LogP contribution in [0.25, 0.3) is 33.7 Å². The first-order chi connectivity index (χ1) is 27.9. The maximum atomic E-state index is 14.8. The van der Waals surface area contributed by atoms with E-state index in [1.54, 1.807) is 40.1 Å². The molecule has 0 spiro atoms. The van der Waals surface area contributed by atoms with E-state index < -0.39 is 41.2 Å². The molecule has 16 heteroatoms. The molecule has 59 heavy (non-hydrogen) atoms. The van der Waals surface area contributed by atoms with E-state index in [0.717, 1.165) is 12.8 Å². The van der Waals surface area contributed by atoms with Crippen molar-refractivity contribution in [3.8, 4) is 11.6 Å². The number of amides is 4. The smallest absolute Gasteiger partial charge is 0.246 e. The van der Waals surface area contributed by atoms with Gasteiger partial charge in [0.2, 0.25) is 23.6 Å². The summed E-state index contributed by atoms with van der Waals surface area (Å²) in [5.41, 5.74) is 1.48. The summed E-state index contributed by atoms with van der Waals surface area (Å²) in [6.45, 7) is 14.7. The minimum absolute atomic E-state index is 0.168. The van der Waals surface area contributed by atoms with Gasteiger partial charge in [-0.15, -0.1) is 0 Å². The Bertz CT molecular complexity index is 2200. The lowest BCUT2D eigenvalue weighted by atomic mass is 9.85. The van der Waals surface area contributed by atoms with E-state index in [1.807, 2.05) is 53.6 Å². The van der Waals surface area contributed by atoms with Crippen LogP contribution < -0.4 is 21.3 Å². The summed E-state index contributed by atoms with van der Waals surface area (Å²) in [5.74, 6) is -1.15. The number of carbonyl (C=O) groups is 4. The van der Waals surface area contributed by atoms with Crippen molar-refractivity contribution in [3.05, 3.63) is 48.0 Å². The number of carbonyl (C=O) groups excluding carboxylic acids is 4. The van der Waals surface area contributed by atoms with Gasteiger partial charge >= 0.3 is 0 Å². The number of hydrogen-bond acceptors (Lipinski definition) is 8. The van der Waals surface area contributed by atoms with E-state index >= 15 is 0 Å². The van der Waals surface area contributed by atoms with Crippen LogP contribution in [0.2, 0.25) is 0 Å². The summed E-state index contributed by atoms with van der Waals surface area (Å²) in [6.07, 6.45) is 2.88. The molecule has 4 amide bonds. The Morgan fingerprint density at radius 3 is 1.58 bits per heavy atom. The molecule has 4 heterocycles. The number of imidazole rings is 2. The molecule has 2 aliphatic heterocycles. The van der Waals surface area contributed by atoms with Gasteiger partial charge in [-0.3, -0.25) is 19.2 Å². The normalized spacial score (nSPS) is 19.4. The monoisotopic (exact) mass is 818 g/mol. The molecule has 2 aliphatic rings. The first-order valence-electron chi connectivity index (χ1n) is 20.8. The lowest BCUT2D eigenvalue weighted by Crippen LogP contribution is -2.58. The van der Waals surface area contributed by atoms with Crippen LogP contribution >= 0.6 is 0 Å². The van der Waals surface area contributed by atoms with Crippen LogP contribution in [0.15, 0.2) is 36.4 Å². The zero-order chi connectivity index (χ0) is 42.9. The van der Waals surface area contributed by atoms with Crippen molar-refractivity contribution in [1.29, 1.82) is 0 Å². The molecule has 320 valence electrons. The van der Waals surface area contributed by atoms with Crippen molar-refractivity contribution < 1.29 is 28.0 Å². The van der Waals surface area contributed by atoms with Gasteiger partial charge in [0, 0.05) is 50.4 Å². The fourth-order valence-electron chi connectivity index (χ4n) is 8.28. The van der Waals surface area contributed by atoms with Gasteiger partial charge in [0.15, 0.2) is 11.6 Å². The van der Waals surface area contributed by atoms with Gasteiger partial charge in [-0.2, -0.15) is 0 Å². The number of aromatic nitrogens is 4. The minimum Gasteiger partial charge on any atom is -0.343 e. The number of hydrogen-bond donors (Lipinski definition) is 4. The van der Waals surface area contributed by atoms with Crippen LogP contribution in [0.4, 0.5) is 8.78 Å². The van der Waals surface area contributed by atoms with Crippen LogP contribution in [0.1, 0.15) is 74.1 Å². The van der Waals surface area contributed by atoms with Gasteiger partial charge in [-0.05, 0) is 89.2 Å². The van der Waals surface area contributed by atoms with E-state index in [1.165, 1.54) is 24.3 Å². The van der Waals surface area contributed by atoms with Gasteiger partial charge in [0.1, 0.15) is 23.7 Å². The SMILES string of the molecule is CN[C@H](C)C(=O)N[C@@H](C(=O)N1CCC[C@H]1Cn1c(-c2nc3cc(F)ccc3n2C[C@@H]2CCCN2C(=O)[C@H](NC(=O)[C@@H](C)NC)C(C)(C)C)nc2cc(F)ccc21)C(C)C. The van der Waals surface area contributed by atoms with Crippen LogP contribution in [0.3, 0.4) is 0 Å². The fourth-order valence-corrected chi connectivity index (χ4v) is 8.28. The second kappa shape index (κ2) is 17.7. The van der Waals surface area contributed by atoms with E-state index in [-0.39, 0.29) is 41.6 Å². The molecule has 0 saturated carbocycles. The summed E-state index contributed by atoms with van der Waals surface area (Å²) in [5, 5.41) is 11.8. The number of fused-ring (bicyclic) bond motifs is 2. The number of nitrogens with zero attached hydrogens (tertiary/aromatic N) is 6. The topological polar surface area (TPSA) is 159 Å². The largest absolute Gasteiger partial charge is 0.343 e. The van der Waals surface area contributed by atoms with Crippen LogP contribution in [0.5, 0.6) is 0 Å². The molecule has 0 aliphatic carbocycles. The molecule has 2 saturated heterocycles. The maximum absolute atomic E-state index is 14.8. The molecule has 14 nitrogen and oxygen atoms in total. The number of likely N-dealkylation sites (N-methyl/N-ethyl adjacent to an activating group) is 2. The highest BCUT2D eigenvalue weighted by atomic mass is 19.1. The van der Waals surface area contributed by atoms with E-state index in [2.05, 4.69) is 21.3 Å². The summed E-state index contributed by atoms with van der Waals surface area (Å²) in [6, 6.07) is 5.73. The van der Waals surface area contributed by atoms with Gasteiger partial charge in [0.25, 0.3) is 0 Å². The van der Waals surface area contributed by atoms with Crippen LogP contribution in [-0.2, 0) is 32.3 Å². The molecule has 2 aromatic carbocycles. The molecule has 6 rings (SSSR count). The lowest BCUT2D eigenvalue weighted by Gasteiger charge is -2.36. The number of benzene rings is 2. The molecule has 0 bridgehead atoms. The molecule has 0 radical (unpaired) electrons. The minimum atomic E-state index is -0.786. The number of likely N-dealkylation sites (tertiary alicyclic amines) is 2. The average Bonchev–Trinajstić information content (AvgIpc) is 4.00. The fraction of sp³-hybridized carbons (Fsp3) is 0.581. The zero-order valence-electron chi connectivity index (χ0n) is 35.7. The van der Waals surface area contributed by atoms with Crippen molar-refractivity contribution in [3.63, 3.8) is 0 Å². The molecule has 6 atom stereocenters. The van der Waals surface area contributed by atoms with E-state index in [0.29, 0.717) is 72.7 Å². The average molecular weight is 819 g/mol. The van der Waals surface area contributed by atoms with Crippen molar-refractivity contribution in [2.75, 3.05) is 27.2 Å². The Balaban J connectivity index is 1.39.